The van der Waals surface area contributed by atoms with Gasteiger partial charge in [-0.3, -0.25) is 0 Å². The fourth-order valence-electron chi connectivity index (χ4n) is 2.75. The van der Waals surface area contributed by atoms with E-state index in [1.54, 1.807) is 12.1 Å². The van der Waals surface area contributed by atoms with Gasteiger partial charge in [-0.2, -0.15) is 0 Å². The molecule has 19 heavy (non-hydrogen) atoms. The van der Waals surface area contributed by atoms with Crippen molar-refractivity contribution >= 4 is 0 Å². The molecule has 106 valence electrons. The molecule has 3 heteroatoms. The molecule has 0 aliphatic carbocycles. The summed E-state index contributed by atoms with van der Waals surface area (Å²) in [6.45, 7) is 5.67. The molecule has 1 nitrogen and oxygen atoms in total. The maximum absolute atomic E-state index is 14.4. The first-order valence-electron chi connectivity index (χ1n) is 7.18. The molecule has 0 bridgehead atoms. The molecule has 1 fully saturated rings. The van der Waals surface area contributed by atoms with E-state index in [9.17, 15) is 8.78 Å². The molecule has 1 N–H and O–H groups in total. The summed E-state index contributed by atoms with van der Waals surface area (Å²) in [5, 5.41) is 3.14. The van der Waals surface area contributed by atoms with E-state index in [1.807, 2.05) is 12.1 Å². The second-order valence-electron chi connectivity index (χ2n) is 5.94. The molecule has 0 aromatic heterocycles. The Labute approximate surface area is 114 Å². The van der Waals surface area contributed by atoms with Gasteiger partial charge in [0.1, 0.15) is 0 Å². The van der Waals surface area contributed by atoms with Gasteiger partial charge in [-0.1, -0.05) is 38.1 Å². The van der Waals surface area contributed by atoms with Crippen molar-refractivity contribution in [3.63, 3.8) is 0 Å². The predicted octanol–water partition coefficient (Wildman–Crippen LogP) is 3.98. The Hall–Kier alpha value is -0.960. The zero-order valence-electron chi connectivity index (χ0n) is 11.8. The van der Waals surface area contributed by atoms with Gasteiger partial charge in [0.2, 0.25) is 0 Å². The van der Waals surface area contributed by atoms with Crippen LogP contribution in [0.1, 0.15) is 37.8 Å². The van der Waals surface area contributed by atoms with E-state index in [1.165, 1.54) is 0 Å². The third-order valence-electron chi connectivity index (χ3n) is 3.83. The zero-order chi connectivity index (χ0) is 13.9. The minimum absolute atomic E-state index is 0.173. The van der Waals surface area contributed by atoms with Crippen molar-refractivity contribution < 1.29 is 8.78 Å². The van der Waals surface area contributed by atoms with E-state index in [0.717, 1.165) is 12.0 Å². The molecule has 1 aromatic carbocycles. The van der Waals surface area contributed by atoms with Crippen molar-refractivity contribution in [2.75, 3.05) is 13.1 Å². The van der Waals surface area contributed by atoms with Gasteiger partial charge in [0.05, 0.1) is 0 Å². The highest BCUT2D eigenvalue weighted by atomic mass is 19.3. The van der Waals surface area contributed by atoms with E-state index in [2.05, 4.69) is 19.2 Å². The standard InChI is InChI=1S/C16H23F2N/c1-12(2)11-13-3-5-14(6-4-13)16(17,18)15-7-9-19-10-8-15/h3-6,12,15,19H,7-11H2,1-2H3. The van der Waals surface area contributed by atoms with Crippen LogP contribution in [0.3, 0.4) is 0 Å². The minimum atomic E-state index is -2.70. The summed E-state index contributed by atoms with van der Waals surface area (Å²) in [7, 11) is 0. The van der Waals surface area contributed by atoms with Gasteiger partial charge in [-0.25, -0.2) is 8.78 Å². The number of piperidine rings is 1. The quantitative estimate of drug-likeness (QED) is 0.870. The maximum Gasteiger partial charge on any atom is 0.276 e. The van der Waals surface area contributed by atoms with Crippen LogP contribution in [-0.2, 0) is 12.3 Å². The molecule has 0 unspecified atom stereocenters. The summed E-state index contributed by atoms with van der Waals surface area (Å²) in [6, 6.07) is 6.92. The second kappa shape index (κ2) is 6.00. The molecule has 1 heterocycles. The van der Waals surface area contributed by atoms with E-state index in [-0.39, 0.29) is 5.56 Å². The molecule has 0 amide bonds. The third kappa shape index (κ3) is 3.53. The van der Waals surface area contributed by atoms with Gasteiger partial charge in [0, 0.05) is 11.5 Å². The summed E-state index contributed by atoms with van der Waals surface area (Å²) in [5.41, 5.74) is 1.31. The topological polar surface area (TPSA) is 12.0 Å². The van der Waals surface area contributed by atoms with Crippen LogP contribution in [0.4, 0.5) is 8.78 Å². The smallest absolute Gasteiger partial charge is 0.276 e. The van der Waals surface area contributed by atoms with E-state index < -0.39 is 11.8 Å². The van der Waals surface area contributed by atoms with Gasteiger partial charge in [0.25, 0.3) is 5.92 Å². The Kier molecular flexibility index (Phi) is 4.56. The van der Waals surface area contributed by atoms with E-state index in [4.69, 9.17) is 0 Å². The molecule has 0 spiro atoms. The predicted molar refractivity (Wildman–Crippen MR) is 74.5 cm³/mol. The molecule has 0 atom stereocenters. The largest absolute Gasteiger partial charge is 0.317 e. The molecule has 1 saturated heterocycles. The lowest BCUT2D eigenvalue weighted by Crippen LogP contribution is -2.36. The molecule has 2 rings (SSSR count). The van der Waals surface area contributed by atoms with Gasteiger partial charge in [-0.05, 0) is 43.8 Å². The van der Waals surface area contributed by atoms with Crippen molar-refractivity contribution in [2.24, 2.45) is 11.8 Å². The summed E-state index contributed by atoms with van der Waals surface area (Å²) in [5.74, 6) is -2.67. The average molecular weight is 267 g/mol. The van der Waals surface area contributed by atoms with Crippen LogP contribution in [0, 0.1) is 11.8 Å². The van der Waals surface area contributed by atoms with Crippen molar-refractivity contribution in [1.29, 1.82) is 0 Å². The Morgan fingerprint density at radius 2 is 1.74 bits per heavy atom. The van der Waals surface area contributed by atoms with Gasteiger partial charge in [-0.15, -0.1) is 0 Å². The molecule has 1 aliphatic heterocycles. The maximum atomic E-state index is 14.4. The van der Waals surface area contributed by atoms with Gasteiger partial charge >= 0.3 is 0 Å². The van der Waals surface area contributed by atoms with Crippen LogP contribution in [-0.4, -0.2) is 13.1 Å². The highest BCUT2D eigenvalue weighted by molar-refractivity contribution is 5.26. The van der Waals surface area contributed by atoms with E-state index >= 15 is 0 Å². The average Bonchev–Trinajstić information content (AvgIpc) is 2.40. The first-order chi connectivity index (χ1) is 9.00. The van der Waals surface area contributed by atoms with Gasteiger partial charge in [0.15, 0.2) is 0 Å². The van der Waals surface area contributed by atoms with Crippen molar-refractivity contribution in [1.82, 2.24) is 5.32 Å². The van der Waals surface area contributed by atoms with E-state index in [0.29, 0.717) is 31.8 Å². The SMILES string of the molecule is CC(C)Cc1ccc(C(F)(F)C2CCNCC2)cc1. The summed E-state index contributed by atoms with van der Waals surface area (Å²) in [4.78, 5) is 0. The van der Waals surface area contributed by atoms with Crippen molar-refractivity contribution in [3.05, 3.63) is 35.4 Å². The number of nitrogens with one attached hydrogen (secondary N) is 1. The third-order valence-corrected chi connectivity index (χ3v) is 3.83. The number of rotatable bonds is 4. The Balaban J connectivity index is 2.11. The zero-order valence-corrected chi connectivity index (χ0v) is 11.8. The van der Waals surface area contributed by atoms with Crippen LogP contribution >= 0.6 is 0 Å². The molecular formula is C16H23F2N. The summed E-state index contributed by atoms with van der Waals surface area (Å²) >= 11 is 0. The summed E-state index contributed by atoms with van der Waals surface area (Å²) < 4.78 is 28.8. The number of benzene rings is 1. The van der Waals surface area contributed by atoms with Crippen LogP contribution < -0.4 is 5.32 Å². The first-order valence-corrected chi connectivity index (χ1v) is 7.18. The molecule has 1 aliphatic rings. The normalized spacial score (nSPS) is 17.9. The Bertz CT molecular complexity index is 392. The fraction of sp³-hybridized carbons (Fsp3) is 0.625. The highest BCUT2D eigenvalue weighted by Crippen LogP contribution is 2.40. The number of hydrogen-bond acceptors (Lipinski definition) is 1. The Morgan fingerprint density at radius 3 is 2.26 bits per heavy atom. The number of alkyl halides is 2. The van der Waals surface area contributed by atoms with Crippen LogP contribution in [0.25, 0.3) is 0 Å². The molecule has 0 radical (unpaired) electrons. The molecule has 0 saturated carbocycles. The molecule has 1 aromatic rings. The van der Waals surface area contributed by atoms with Crippen LogP contribution in [0.2, 0.25) is 0 Å². The number of hydrogen-bond donors (Lipinski definition) is 1. The number of halogens is 2. The summed E-state index contributed by atoms with van der Waals surface area (Å²) in [6.07, 6.45) is 2.06. The van der Waals surface area contributed by atoms with Crippen molar-refractivity contribution in [3.8, 4) is 0 Å². The fourth-order valence-corrected chi connectivity index (χ4v) is 2.75. The minimum Gasteiger partial charge on any atom is -0.317 e. The van der Waals surface area contributed by atoms with Gasteiger partial charge < -0.3 is 5.32 Å². The second-order valence-corrected chi connectivity index (χ2v) is 5.94. The Morgan fingerprint density at radius 1 is 1.16 bits per heavy atom. The lowest BCUT2D eigenvalue weighted by atomic mass is 9.86. The lowest BCUT2D eigenvalue weighted by molar-refractivity contribution is -0.0753. The first kappa shape index (κ1) is 14.4. The van der Waals surface area contributed by atoms with Crippen molar-refractivity contribution in [2.45, 2.75) is 39.0 Å². The lowest BCUT2D eigenvalue weighted by Gasteiger charge is -2.30. The van der Waals surface area contributed by atoms with Crippen LogP contribution in [0.15, 0.2) is 24.3 Å². The monoisotopic (exact) mass is 267 g/mol. The highest BCUT2D eigenvalue weighted by Gasteiger charge is 2.41. The van der Waals surface area contributed by atoms with Crippen LogP contribution in [0.5, 0.6) is 0 Å². The molecular weight excluding hydrogens is 244 g/mol.